The smallest absolute Gasteiger partial charge is 0.188 e. The first-order valence-corrected chi connectivity index (χ1v) is 5.40. The Morgan fingerprint density at radius 2 is 1.62 bits per heavy atom. The molecule has 0 aliphatic rings. The van der Waals surface area contributed by atoms with Gasteiger partial charge in [0.15, 0.2) is 5.96 Å². The van der Waals surface area contributed by atoms with Crippen molar-refractivity contribution < 1.29 is 9.47 Å². The lowest BCUT2D eigenvalue weighted by Gasteiger charge is -2.06. The quantitative estimate of drug-likeness (QED) is 0.194. The van der Waals surface area contributed by atoms with Crippen LogP contribution >= 0.6 is 0 Å². The number of nitrogens with two attached hydrogens (primary N) is 3. The van der Waals surface area contributed by atoms with E-state index in [0.29, 0.717) is 58.6 Å². The number of guanidine groups is 1. The van der Waals surface area contributed by atoms with Crippen molar-refractivity contribution in [1.29, 1.82) is 0 Å². The van der Waals surface area contributed by atoms with Gasteiger partial charge in [-0.2, -0.15) is 0 Å². The largest absolute Gasteiger partial charge is 0.378 e. The highest BCUT2D eigenvalue weighted by Crippen LogP contribution is 1.76. The maximum Gasteiger partial charge on any atom is 0.188 e. The Hall–Kier alpha value is -0.890. The van der Waals surface area contributed by atoms with E-state index >= 15 is 0 Å². The molecular formula is C9H23N5O2. The van der Waals surface area contributed by atoms with Gasteiger partial charge in [-0.25, -0.2) is 0 Å². The summed E-state index contributed by atoms with van der Waals surface area (Å²) in [5.41, 5.74) is 16.1. The second kappa shape index (κ2) is 12.2. The molecule has 0 radical (unpaired) electrons. The molecule has 0 aliphatic carbocycles. The molecule has 0 spiro atoms. The number of hydrogen-bond acceptors (Lipinski definition) is 5. The summed E-state index contributed by atoms with van der Waals surface area (Å²) in [5.74, 6) is 0.396. The maximum atomic E-state index is 5.58. The molecule has 0 bridgehead atoms. The average Bonchev–Trinajstić information content (AvgIpc) is 2.28. The lowest BCUT2D eigenvalue weighted by molar-refractivity contribution is 0.146. The summed E-state index contributed by atoms with van der Waals surface area (Å²) in [4.78, 5) is 4.05. The molecule has 96 valence electrons. The van der Waals surface area contributed by atoms with Crippen molar-refractivity contribution in [3.8, 4) is 0 Å². The Kier molecular flexibility index (Phi) is 11.5. The Labute approximate surface area is 96.4 Å². The molecule has 0 fully saturated rings. The minimum atomic E-state index is 0.396. The van der Waals surface area contributed by atoms with Gasteiger partial charge in [-0.15, -0.1) is 0 Å². The first-order valence-electron chi connectivity index (χ1n) is 5.40. The molecule has 0 amide bonds. The number of ether oxygens (including phenoxy) is 2. The van der Waals surface area contributed by atoms with Crippen LogP contribution in [0.1, 0.15) is 0 Å². The number of rotatable bonds is 10. The molecule has 0 aliphatic heterocycles. The van der Waals surface area contributed by atoms with Gasteiger partial charge in [0.2, 0.25) is 0 Å². The van der Waals surface area contributed by atoms with E-state index in [-0.39, 0.29) is 0 Å². The summed E-state index contributed by atoms with van der Waals surface area (Å²) >= 11 is 0. The van der Waals surface area contributed by atoms with Crippen LogP contribution in [0.3, 0.4) is 0 Å². The topological polar surface area (TPSA) is 121 Å². The SMILES string of the molecule is NCCOCCN=C(N)NCCOCCN. The van der Waals surface area contributed by atoms with Crippen molar-refractivity contribution in [2.45, 2.75) is 0 Å². The lowest BCUT2D eigenvalue weighted by Crippen LogP contribution is -2.34. The number of aliphatic imine (C=N–C) groups is 1. The highest BCUT2D eigenvalue weighted by Gasteiger charge is 1.91. The second-order valence-corrected chi connectivity index (χ2v) is 3.00. The van der Waals surface area contributed by atoms with Crippen molar-refractivity contribution >= 4 is 5.96 Å². The van der Waals surface area contributed by atoms with Gasteiger partial charge in [0.05, 0.1) is 33.0 Å². The molecule has 7 heteroatoms. The molecule has 0 atom stereocenters. The molecule has 7 N–H and O–H groups in total. The van der Waals surface area contributed by atoms with Crippen LogP contribution in [0.2, 0.25) is 0 Å². The van der Waals surface area contributed by atoms with Gasteiger partial charge in [0, 0.05) is 19.6 Å². The van der Waals surface area contributed by atoms with Gasteiger partial charge in [0.1, 0.15) is 0 Å². The van der Waals surface area contributed by atoms with E-state index in [0.717, 1.165) is 0 Å². The summed E-state index contributed by atoms with van der Waals surface area (Å²) in [6, 6.07) is 0. The summed E-state index contributed by atoms with van der Waals surface area (Å²) in [5, 5.41) is 2.91. The molecule has 0 aromatic carbocycles. The van der Waals surface area contributed by atoms with Crippen LogP contribution in [0.4, 0.5) is 0 Å². The van der Waals surface area contributed by atoms with Crippen LogP contribution in [0.15, 0.2) is 4.99 Å². The van der Waals surface area contributed by atoms with Crippen molar-refractivity contribution in [2.75, 3.05) is 52.6 Å². The molecule has 0 heterocycles. The van der Waals surface area contributed by atoms with Crippen LogP contribution in [0.5, 0.6) is 0 Å². The first-order chi connectivity index (χ1) is 7.81. The zero-order valence-electron chi connectivity index (χ0n) is 9.65. The number of hydrogen-bond donors (Lipinski definition) is 4. The van der Waals surface area contributed by atoms with Crippen LogP contribution in [0, 0.1) is 0 Å². The van der Waals surface area contributed by atoms with Crippen LogP contribution in [-0.2, 0) is 9.47 Å². The van der Waals surface area contributed by atoms with E-state index in [9.17, 15) is 0 Å². The van der Waals surface area contributed by atoms with Crippen molar-refractivity contribution in [3.63, 3.8) is 0 Å². The zero-order valence-corrected chi connectivity index (χ0v) is 9.65. The van der Waals surface area contributed by atoms with E-state index in [4.69, 9.17) is 26.7 Å². The van der Waals surface area contributed by atoms with Crippen molar-refractivity contribution in [1.82, 2.24) is 5.32 Å². The normalized spacial score (nSPS) is 11.8. The number of nitrogens with one attached hydrogen (secondary N) is 1. The monoisotopic (exact) mass is 233 g/mol. The molecule has 0 saturated heterocycles. The first kappa shape index (κ1) is 15.1. The minimum Gasteiger partial charge on any atom is -0.378 e. The zero-order chi connectivity index (χ0) is 12.1. The van der Waals surface area contributed by atoms with Crippen molar-refractivity contribution in [2.24, 2.45) is 22.2 Å². The highest BCUT2D eigenvalue weighted by molar-refractivity contribution is 5.77. The fourth-order valence-electron chi connectivity index (χ4n) is 0.909. The highest BCUT2D eigenvalue weighted by atomic mass is 16.5. The fraction of sp³-hybridized carbons (Fsp3) is 0.889. The molecule has 0 saturated carbocycles. The summed E-state index contributed by atoms with van der Waals surface area (Å²) in [6.07, 6.45) is 0. The third-order valence-electron chi connectivity index (χ3n) is 1.59. The third kappa shape index (κ3) is 11.2. The third-order valence-corrected chi connectivity index (χ3v) is 1.59. The molecule has 0 aromatic rings. The summed E-state index contributed by atoms with van der Waals surface area (Å²) in [6.45, 7) is 4.42. The Morgan fingerprint density at radius 1 is 1.00 bits per heavy atom. The minimum absolute atomic E-state index is 0.396. The van der Waals surface area contributed by atoms with Gasteiger partial charge in [0.25, 0.3) is 0 Å². The summed E-state index contributed by atoms with van der Waals surface area (Å²) < 4.78 is 10.3. The number of nitrogens with zero attached hydrogens (tertiary/aromatic N) is 1. The Morgan fingerprint density at radius 3 is 2.25 bits per heavy atom. The molecule has 0 unspecified atom stereocenters. The molecule has 0 rings (SSSR count). The van der Waals surface area contributed by atoms with Crippen LogP contribution in [0.25, 0.3) is 0 Å². The van der Waals surface area contributed by atoms with Gasteiger partial charge in [-0.05, 0) is 0 Å². The van der Waals surface area contributed by atoms with E-state index in [1.54, 1.807) is 0 Å². The predicted molar refractivity (Wildman–Crippen MR) is 64.2 cm³/mol. The van der Waals surface area contributed by atoms with Gasteiger partial charge < -0.3 is 32.0 Å². The van der Waals surface area contributed by atoms with E-state index in [1.807, 2.05) is 0 Å². The molecule has 7 nitrogen and oxygen atoms in total. The van der Waals surface area contributed by atoms with Gasteiger partial charge in [-0.3, -0.25) is 4.99 Å². The van der Waals surface area contributed by atoms with Gasteiger partial charge >= 0.3 is 0 Å². The second-order valence-electron chi connectivity index (χ2n) is 3.00. The predicted octanol–water partition coefficient (Wildman–Crippen LogP) is -2.16. The Balaban J connectivity index is 3.27. The van der Waals surface area contributed by atoms with E-state index < -0.39 is 0 Å². The standard InChI is InChI=1S/C9H23N5O2/c10-1-5-15-7-3-13-9(12)14-4-8-16-6-2-11/h1-8,10-11H2,(H3,12,13,14). The summed E-state index contributed by atoms with van der Waals surface area (Å²) in [7, 11) is 0. The molecular weight excluding hydrogens is 210 g/mol. The lowest BCUT2D eigenvalue weighted by atomic mass is 10.6. The molecule has 0 aromatic heterocycles. The fourth-order valence-corrected chi connectivity index (χ4v) is 0.909. The van der Waals surface area contributed by atoms with Crippen LogP contribution in [-0.4, -0.2) is 58.6 Å². The maximum absolute atomic E-state index is 5.58. The van der Waals surface area contributed by atoms with E-state index in [1.165, 1.54) is 0 Å². The van der Waals surface area contributed by atoms with Crippen molar-refractivity contribution in [3.05, 3.63) is 0 Å². The van der Waals surface area contributed by atoms with Crippen LogP contribution < -0.4 is 22.5 Å². The van der Waals surface area contributed by atoms with E-state index in [2.05, 4.69) is 10.3 Å². The Bertz CT molecular complexity index is 177. The average molecular weight is 233 g/mol. The van der Waals surface area contributed by atoms with Gasteiger partial charge in [-0.1, -0.05) is 0 Å². The molecule has 16 heavy (non-hydrogen) atoms.